The van der Waals surface area contributed by atoms with Gasteiger partial charge in [0.05, 0.1) is 23.1 Å². The summed E-state index contributed by atoms with van der Waals surface area (Å²) in [5, 5.41) is 3.72. The maximum atomic E-state index is 13.7. The third-order valence-corrected chi connectivity index (χ3v) is 10.5. The molecule has 1 amide bonds. The number of aromatic nitrogens is 2. The van der Waals surface area contributed by atoms with Crippen LogP contribution >= 0.6 is 11.6 Å². The number of ether oxygens (including phenoxy) is 1. The molecule has 43 heavy (non-hydrogen) atoms. The summed E-state index contributed by atoms with van der Waals surface area (Å²) in [4.78, 5) is 28.7. The first-order chi connectivity index (χ1) is 20.9. The molecule has 4 aliphatic rings. The minimum Gasteiger partial charge on any atom is -0.461 e. The molecule has 3 aromatic carbocycles. The molecule has 0 saturated carbocycles. The van der Waals surface area contributed by atoms with Crippen molar-refractivity contribution in [3.05, 3.63) is 72.0 Å². The molecule has 0 spiro atoms. The van der Waals surface area contributed by atoms with Crippen molar-refractivity contribution in [3.8, 4) is 17.1 Å². The van der Waals surface area contributed by atoms with Gasteiger partial charge in [0.25, 0.3) is 5.91 Å². The number of fused-ring (bicyclic) bond motifs is 4. The molecule has 4 aromatic rings. The number of nitrogens with zero attached hydrogens (tertiary/aromatic N) is 5. The van der Waals surface area contributed by atoms with Crippen LogP contribution in [-0.4, -0.2) is 76.1 Å². The van der Waals surface area contributed by atoms with E-state index in [1.807, 2.05) is 18.2 Å². The molecule has 0 radical (unpaired) electrons. The van der Waals surface area contributed by atoms with Gasteiger partial charge in [0.15, 0.2) is 5.83 Å². The molecule has 8 rings (SSSR count). The molecule has 9 heteroatoms. The van der Waals surface area contributed by atoms with Gasteiger partial charge < -0.3 is 14.5 Å². The number of halogens is 2. The summed E-state index contributed by atoms with van der Waals surface area (Å²) in [5.74, 6) is -0.723. The minimum atomic E-state index is -0.907. The Labute approximate surface area is 254 Å². The lowest BCUT2D eigenvalue weighted by Crippen LogP contribution is -2.63. The van der Waals surface area contributed by atoms with Crippen molar-refractivity contribution in [3.63, 3.8) is 0 Å². The summed E-state index contributed by atoms with van der Waals surface area (Å²) in [5.41, 5.74) is 2.92. The molecular formula is C34H33ClFN5O2. The van der Waals surface area contributed by atoms with Gasteiger partial charge in [-0.05, 0) is 79.9 Å². The van der Waals surface area contributed by atoms with E-state index in [1.54, 1.807) is 4.90 Å². The van der Waals surface area contributed by atoms with Gasteiger partial charge in [-0.3, -0.25) is 9.69 Å². The maximum absolute atomic E-state index is 13.7. The molecule has 1 aromatic heterocycles. The predicted molar refractivity (Wildman–Crippen MR) is 167 cm³/mol. The van der Waals surface area contributed by atoms with E-state index >= 15 is 0 Å². The van der Waals surface area contributed by atoms with Crippen molar-refractivity contribution in [2.75, 3.05) is 37.7 Å². The molecule has 5 heterocycles. The van der Waals surface area contributed by atoms with E-state index in [1.165, 1.54) is 12.8 Å². The maximum Gasteiger partial charge on any atom is 0.319 e. The van der Waals surface area contributed by atoms with Crippen molar-refractivity contribution >= 4 is 45.0 Å². The van der Waals surface area contributed by atoms with Gasteiger partial charge >= 0.3 is 6.01 Å². The Hall–Kier alpha value is -3.75. The van der Waals surface area contributed by atoms with E-state index in [0.717, 1.165) is 71.0 Å². The lowest BCUT2D eigenvalue weighted by Gasteiger charge is -2.47. The number of amides is 1. The second-order valence-electron chi connectivity index (χ2n) is 12.4. The fourth-order valence-electron chi connectivity index (χ4n) is 8.01. The number of likely N-dealkylation sites (tertiary alicyclic amines) is 1. The number of hydrogen-bond donors (Lipinski definition) is 0. The van der Waals surface area contributed by atoms with Crippen molar-refractivity contribution < 1.29 is 13.9 Å². The molecule has 7 nitrogen and oxygen atoms in total. The highest BCUT2D eigenvalue weighted by Gasteiger charge is 2.50. The third kappa shape index (κ3) is 4.29. The van der Waals surface area contributed by atoms with Crippen molar-refractivity contribution in [2.24, 2.45) is 0 Å². The molecule has 4 aliphatic heterocycles. The average Bonchev–Trinajstić information content (AvgIpc) is 3.68. The van der Waals surface area contributed by atoms with Gasteiger partial charge in [-0.25, -0.2) is 4.39 Å². The summed E-state index contributed by atoms with van der Waals surface area (Å²) < 4.78 is 20.2. The van der Waals surface area contributed by atoms with Gasteiger partial charge in [0.1, 0.15) is 12.4 Å². The van der Waals surface area contributed by atoms with E-state index in [4.69, 9.17) is 26.3 Å². The van der Waals surface area contributed by atoms with Gasteiger partial charge in [0.2, 0.25) is 0 Å². The molecule has 220 valence electrons. The topological polar surface area (TPSA) is 61.8 Å². The van der Waals surface area contributed by atoms with Crippen LogP contribution in [0.5, 0.6) is 6.01 Å². The van der Waals surface area contributed by atoms with Crippen LogP contribution < -0.4 is 9.64 Å². The Morgan fingerprint density at radius 3 is 2.63 bits per heavy atom. The molecule has 4 saturated heterocycles. The van der Waals surface area contributed by atoms with E-state index in [0.29, 0.717) is 30.7 Å². The highest BCUT2D eigenvalue weighted by molar-refractivity contribution is 6.36. The second kappa shape index (κ2) is 10.2. The van der Waals surface area contributed by atoms with Gasteiger partial charge in [-0.15, -0.1) is 0 Å². The lowest BCUT2D eigenvalue weighted by molar-refractivity contribution is -0.130. The van der Waals surface area contributed by atoms with Crippen LogP contribution in [0.25, 0.3) is 32.8 Å². The number of benzene rings is 3. The third-order valence-electron chi connectivity index (χ3n) is 10.2. The normalized spacial score (nSPS) is 22.6. The van der Waals surface area contributed by atoms with Crippen LogP contribution in [0.15, 0.2) is 67.0 Å². The fraction of sp³-hybridized carbons (Fsp3) is 0.382. The first-order valence-corrected chi connectivity index (χ1v) is 15.6. The molecule has 0 N–H and O–H groups in total. The van der Waals surface area contributed by atoms with Crippen LogP contribution in [0.2, 0.25) is 5.02 Å². The van der Waals surface area contributed by atoms with Crippen molar-refractivity contribution in [2.45, 2.75) is 49.7 Å². The monoisotopic (exact) mass is 597 g/mol. The zero-order chi connectivity index (χ0) is 29.3. The molecule has 1 unspecified atom stereocenters. The van der Waals surface area contributed by atoms with Crippen LogP contribution in [-0.2, 0) is 4.79 Å². The van der Waals surface area contributed by atoms with Gasteiger partial charge in [0, 0.05) is 28.9 Å². The van der Waals surface area contributed by atoms with Crippen molar-refractivity contribution in [1.29, 1.82) is 0 Å². The Kier molecular flexibility index (Phi) is 6.35. The number of anilines is 1. The summed E-state index contributed by atoms with van der Waals surface area (Å²) >= 11 is 6.69. The number of rotatable bonds is 6. The SMILES string of the molecule is C=C(F)C(=O)N1CCC2[C@H]1CN2c1nc(OCC23CCCN2CCC3)nc2cc(-c3cccc4cccc(Cl)c34)ccc12. The smallest absolute Gasteiger partial charge is 0.319 e. The number of carbonyl (C=O) groups excluding carboxylic acids is 1. The van der Waals surface area contributed by atoms with Crippen LogP contribution in [0.4, 0.5) is 10.2 Å². The van der Waals surface area contributed by atoms with E-state index in [-0.39, 0.29) is 17.6 Å². The van der Waals surface area contributed by atoms with Crippen LogP contribution in [0, 0.1) is 0 Å². The zero-order valence-electron chi connectivity index (χ0n) is 23.9. The summed E-state index contributed by atoms with van der Waals surface area (Å²) in [6.45, 7) is 7.13. The van der Waals surface area contributed by atoms with E-state index < -0.39 is 11.7 Å². The van der Waals surface area contributed by atoms with Crippen LogP contribution in [0.1, 0.15) is 32.1 Å². The van der Waals surface area contributed by atoms with Crippen LogP contribution in [0.3, 0.4) is 0 Å². The average molecular weight is 598 g/mol. The Morgan fingerprint density at radius 2 is 1.84 bits per heavy atom. The minimum absolute atomic E-state index is 0.0593. The zero-order valence-corrected chi connectivity index (χ0v) is 24.7. The number of hydrogen-bond acceptors (Lipinski definition) is 6. The summed E-state index contributed by atoms with van der Waals surface area (Å²) in [6, 6.07) is 18.8. The summed E-state index contributed by atoms with van der Waals surface area (Å²) in [6.07, 6.45) is 5.41. The largest absolute Gasteiger partial charge is 0.461 e. The Bertz CT molecular complexity index is 1780. The molecule has 0 aliphatic carbocycles. The Balaban J connectivity index is 1.19. The van der Waals surface area contributed by atoms with E-state index in [9.17, 15) is 9.18 Å². The van der Waals surface area contributed by atoms with Gasteiger partial charge in [-0.1, -0.05) is 54.6 Å². The standard InChI is InChI=1S/C34H33ClFN5O2/c1-21(36)32(42)40-17-12-28-29(40)19-41(28)31-25-11-10-23(24-8-2-6-22-7-3-9-26(35)30(22)24)18-27(25)37-33(38-31)43-20-34-13-4-15-39(34)16-5-14-34/h2-3,6-11,18,28-29H,1,4-5,12-17,19-20H2/t28?,29-/m1/s1. The highest BCUT2D eigenvalue weighted by Crippen LogP contribution is 2.42. The predicted octanol–water partition coefficient (Wildman–Crippen LogP) is 6.38. The highest BCUT2D eigenvalue weighted by atomic mass is 35.5. The van der Waals surface area contributed by atoms with Crippen molar-refractivity contribution in [1.82, 2.24) is 19.8 Å². The molecule has 2 atom stereocenters. The number of carbonyl (C=O) groups is 1. The lowest BCUT2D eigenvalue weighted by atomic mass is 9.95. The first-order valence-electron chi connectivity index (χ1n) is 15.2. The fourth-order valence-corrected chi connectivity index (χ4v) is 8.29. The summed E-state index contributed by atoms with van der Waals surface area (Å²) in [7, 11) is 0. The quantitative estimate of drug-likeness (QED) is 0.240. The molecular weight excluding hydrogens is 565 g/mol. The second-order valence-corrected chi connectivity index (χ2v) is 12.8. The van der Waals surface area contributed by atoms with E-state index in [2.05, 4.69) is 52.8 Å². The Morgan fingerprint density at radius 1 is 1.05 bits per heavy atom. The molecule has 0 bridgehead atoms. The first kappa shape index (κ1) is 26.8. The molecule has 4 fully saturated rings. The van der Waals surface area contributed by atoms with Gasteiger partial charge in [-0.2, -0.15) is 9.97 Å².